The normalized spacial score (nSPS) is 26.9. The number of hydrogen-bond acceptors (Lipinski definition) is 5. The fourth-order valence-corrected chi connectivity index (χ4v) is 3.67. The van der Waals surface area contributed by atoms with Gasteiger partial charge < -0.3 is 15.6 Å². The topological polar surface area (TPSA) is 84.9 Å². The van der Waals surface area contributed by atoms with Gasteiger partial charge in [0.05, 0.1) is 6.04 Å². The van der Waals surface area contributed by atoms with Crippen LogP contribution in [-0.4, -0.2) is 35.7 Å². The number of allylic oxidation sites excluding steroid dienone is 1. The smallest absolute Gasteiger partial charge is 0.331 e. The molecule has 1 aliphatic carbocycles. The summed E-state index contributed by atoms with van der Waals surface area (Å²) in [7, 11) is 0. The number of aliphatic hydroxyl groups excluding tert-OH is 1. The van der Waals surface area contributed by atoms with E-state index in [-0.39, 0.29) is 18.1 Å². The van der Waals surface area contributed by atoms with Crippen LogP contribution >= 0.6 is 0 Å². The molecule has 0 aromatic heterocycles. The van der Waals surface area contributed by atoms with Crippen LogP contribution in [0.1, 0.15) is 73.1 Å². The molecule has 0 amide bonds. The molecule has 0 aliphatic heterocycles. The Bertz CT molecular complexity index is 486. The highest BCUT2D eigenvalue weighted by Crippen LogP contribution is 2.35. The molecule has 1 unspecified atom stereocenters. The van der Waals surface area contributed by atoms with Gasteiger partial charge in [-0.1, -0.05) is 47.5 Å². The third-order valence-corrected chi connectivity index (χ3v) is 5.32. The number of nitrogens with two attached hydrogens (primary N) is 1. The maximum Gasteiger partial charge on any atom is 0.331 e. The third-order valence-electron chi connectivity index (χ3n) is 5.32. The van der Waals surface area contributed by atoms with Crippen LogP contribution in [-0.2, 0) is 9.53 Å². The van der Waals surface area contributed by atoms with Crippen molar-refractivity contribution in [2.24, 2.45) is 28.5 Å². The Kier molecular flexibility index (Phi) is 10.1. The Balaban J connectivity index is 2.81. The van der Waals surface area contributed by atoms with E-state index in [0.29, 0.717) is 24.2 Å². The molecule has 1 rings (SSSR count). The molecule has 0 heterocycles. The van der Waals surface area contributed by atoms with Crippen molar-refractivity contribution in [3.05, 3.63) is 11.6 Å². The van der Waals surface area contributed by atoms with Gasteiger partial charge in [0.25, 0.3) is 0 Å². The van der Waals surface area contributed by atoms with Crippen molar-refractivity contribution in [1.29, 1.82) is 0 Å². The van der Waals surface area contributed by atoms with Gasteiger partial charge in [-0.2, -0.15) is 0 Å². The van der Waals surface area contributed by atoms with Gasteiger partial charge in [-0.05, 0) is 49.0 Å². The fourth-order valence-electron chi connectivity index (χ4n) is 3.67. The van der Waals surface area contributed by atoms with Gasteiger partial charge in [0.15, 0.2) is 0 Å². The van der Waals surface area contributed by atoms with E-state index in [1.807, 2.05) is 6.92 Å². The molecule has 0 aromatic carbocycles. The predicted molar refractivity (Wildman–Crippen MR) is 107 cm³/mol. The zero-order chi connectivity index (χ0) is 19.7. The lowest BCUT2D eigenvalue weighted by Gasteiger charge is -2.36. The fraction of sp³-hybridized carbons (Fsp3) is 0.810. The van der Waals surface area contributed by atoms with Gasteiger partial charge in [-0.15, -0.1) is 0 Å². The molecule has 1 saturated carbocycles. The van der Waals surface area contributed by atoms with Gasteiger partial charge in [0.2, 0.25) is 0 Å². The summed E-state index contributed by atoms with van der Waals surface area (Å²) in [5, 5.41) is 9.51. The monoisotopic (exact) mass is 366 g/mol. The molecule has 0 radical (unpaired) electrons. The number of aliphatic hydroxyl groups is 1. The molecule has 0 aromatic rings. The summed E-state index contributed by atoms with van der Waals surface area (Å²) in [6.45, 7) is 10.6. The molecule has 0 bridgehead atoms. The van der Waals surface area contributed by atoms with Gasteiger partial charge in [0.1, 0.15) is 12.3 Å². The lowest BCUT2D eigenvalue weighted by atomic mass is 9.75. The van der Waals surface area contributed by atoms with Crippen LogP contribution in [0.15, 0.2) is 16.6 Å². The second kappa shape index (κ2) is 11.5. The number of rotatable bonds is 9. The molecule has 26 heavy (non-hydrogen) atoms. The Morgan fingerprint density at radius 3 is 2.58 bits per heavy atom. The number of carbonyl (C=O) groups excluding carboxylic acids is 1. The summed E-state index contributed by atoms with van der Waals surface area (Å²) in [5.41, 5.74) is 6.34. The van der Waals surface area contributed by atoms with E-state index >= 15 is 0 Å². The van der Waals surface area contributed by atoms with Crippen LogP contribution in [0.25, 0.3) is 0 Å². The number of hydrogen-bond donors (Lipinski definition) is 2. The second-order valence-electron chi connectivity index (χ2n) is 8.02. The molecule has 3 N–H and O–H groups in total. The van der Waals surface area contributed by atoms with Crippen LogP contribution in [0.4, 0.5) is 0 Å². The highest BCUT2D eigenvalue weighted by atomic mass is 16.5. The number of nitrogens with zero attached hydrogens (tertiary/aromatic N) is 1. The van der Waals surface area contributed by atoms with Gasteiger partial charge in [-0.3, -0.25) is 4.99 Å². The van der Waals surface area contributed by atoms with Gasteiger partial charge in [-0.25, -0.2) is 4.79 Å². The SMILES string of the molecule is CCCC(=C/C(=O)O[C@@H]1C[C@H](C)CC[C@H]1C(C)C)/C=N/[C@@H](CC)C(N)O. The van der Waals surface area contributed by atoms with E-state index in [2.05, 4.69) is 32.7 Å². The van der Waals surface area contributed by atoms with Crippen molar-refractivity contribution in [2.45, 2.75) is 91.5 Å². The van der Waals surface area contributed by atoms with Crippen LogP contribution in [0.5, 0.6) is 0 Å². The highest BCUT2D eigenvalue weighted by molar-refractivity contribution is 5.91. The number of ether oxygens (including phenoxy) is 1. The Labute approximate surface area is 159 Å². The molecule has 0 spiro atoms. The van der Waals surface area contributed by atoms with E-state index in [1.54, 1.807) is 12.3 Å². The van der Waals surface area contributed by atoms with Crippen molar-refractivity contribution in [1.82, 2.24) is 0 Å². The third kappa shape index (κ3) is 7.58. The van der Waals surface area contributed by atoms with Crippen LogP contribution < -0.4 is 5.73 Å². The quantitative estimate of drug-likeness (QED) is 0.281. The minimum Gasteiger partial charge on any atom is -0.459 e. The molecule has 0 saturated heterocycles. The van der Waals surface area contributed by atoms with Gasteiger partial charge >= 0.3 is 5.97 Å². The minimum atomic E-state index is -0.985. The van der Waals surface area contributed by atoms with Crippen LogP contribution in [0.2, 0.25) is 0 Å². The molecule has 5 nitrogen and oxygen atoms in total. The van der Waals surface area contributed by atoms with E-state index < -0.39 is 6.23 Å². The van der Waals surface area contributed by atoms with E-state index in [9.17, 15) is 9.90 Å². The average Bonchev–Trinajstić information content (AvgIpc) is 2.54. The summed E-state index contributed by atoms with van der Waals surface area (Å²) < 4.78 is 5.84. The molecule has 150 valence electrons. The molecule has 1 fully saturated rings. The second-order valence-corrected chi connectivity index (χ2v) is 8.02. The molecular formula is C21H38N2O3. The number of aliphatic imine (C=N–C) groups is 1. The van der Waals surface area contributed by atoms with Crippen molar-refractivity contribution in [3.63, 3.8) is 0 Å². The summed E-state index contributed by atoms with van der Waals surface area (Å²) in [4.78, 5) is 16.8. The van der Waals surface area contributed by atoms with E-state index in [4.69, 9.17) is 10.5 Å². The molecule has 5 atom stereocenters. The summed E-state index contributed by atoms with van der Waals surface area (Å²) >= 11 is 0. The highest BCUT2D eigenvalue weighted by Gasteiger charge is 2.33. The Morgan fingerprint density at radius 1 is 1.35 bits per heavy atom. The maximum absolute atomic E-state index is 12.5. The summed E-state index contributed by atoms with van der Waals surface area (Å²) in [6, 6.07) is -0.351. The first kappa shape index (κ1) is 22.8. The minimum absolute atomic E-state index is 0.00318. The first-order valence-corrected chi connectivity index (χ1v) is 10.2. The Hall–Kier alpha value is -1.20. The summed E-state index contributed by atoms with van der Waals surface area (Å²) in [6.07, 6.45) is 7.80. The van der Waals surface area contributed by atoms with Crippen LogP contribution in [0.3, 0.4) is 0 Å². The lowest BCUT2D eigenvalue weighted by molar-refractivity contribution is -0.149. The first-order valence-electron chi connectivity index (χ1n) is 10.2. The molecule has 1 aliphatic rings. The van der Waals surface area contributed by atoms with Crippen molar-refractivity contribution in [3.8, 4) is 0 Å². The zero-order valence-corrected chi connectivity index (χ0v) is 17.1. The standard InChI is InChI=1S/C21H38N2O3/c1-6-8-16(13-23-18(7-2)21(22)25)12-20(24)26-19-11-15(5)9-10-17(19)14(3)4/h12-15,17-19,21,25H,6-11,22H2,1-5H3/b16-12-,23-13+/t15-,17+,18+,19-,21?/m1/s1. The molecule has 5 heteroatoms. The summed E-state index contributed by atoms with van der Waals surface area (Å²) in [5.74, 6) is 1.26. The lowest BCUT2D eigenvalue weighted by Crippen LogP contribution is -2.35. The van der Waals surface area contributed by atoms with Crippen LogP contribution in [0, 0.1) is 17.8 Å². The largest absolute Gasteiger partial charge is 0.459 e. The predicted octanol–water partition coefficient (Wildman–Crippen LogP) is 3.84. The van der Waals surface area contributed by atoms with E-state index in [0.717, 1.165) is 31.3 Å². The van der Waals surface area contributed by atoms with Crippen molar-refractivity contribution < 1.29 is 14.6 Å². The Morgan fingerprint density at radius 2 is 2.04 bits per heavy atom. The maximum atomic E-state index is 12.5. The molecular weight excluding hydrogens is 328 g/mol. The first-order chi connectivity index (χ1) is 12.3. The van der Waals surface area contributed by atoms with Gasteiger partial charge in [0, 0.05) is 12.3 Å². The average molecular weight is 367 g/mol. The number of esters is 1. The zero-order valence-electron chi connectivity index (χ0n) is 17.1. The number of carbonyl (C=O) groups is 1. The van der Waals surface area contributed by atoms with E-state index in [1.165, 1.54) is 6.42 Å². The van der Waals surface area contributed by atoms with Crippen molar-refractivity contribution in [2.75, 3.05) is 0 Å². The van der Waals surface area contributed by atoms with Crippen molar-refractivity contribution >= 4 is 12.2 Å².